The lowest BCUT2D eigenvalue weighted by Crippen LogP contribution is -2.05. The second kappa shape index (κ2) is 4.89. The number of Topliss-reactive ketones (excluding diaryl/α,β-unsaturated/α-hetero) is 1. The number of hydrogen-bond acceptors (Lipinski definition) is 1. The van der Waals surface area contributed by atoms with Crippen LogP contribution in [0.15, 0.2) is 18.2 Å². The summed E-state index contributed by atoms with van der Waals surface area (Å²) in [5.41, 5.74) is 0.985. The summed E-state index contributed by atoms with van der Waals surface area (Å²) in [6.07, 6.45) is 0. The first-order valence-corrected chi connectivity index (χ1v) is 5.50. The molecular weight excluding hydrogens is 270 g/mol. The van der Waals surface area contributed by atoms with E-state index in [4.69, 9.17) is 11.6 Å². The van der Waals surface area contributed by atoms with Gasteiger partial charge in [-0.2, -0.15) is 0 Å². The first-order valence-electron chi connectivity index (χ1n) is 4.05. The summed E-state index contributed by atoms with van der Waals surface area (Å²) in [5.74, 6) is -0.373. The van der Waals surface area contributed by atoms with E-state index in [2.05, 4.69) is 15.9 Å². The maximum atomic E-state index is 13.3. The summed E-state index contributed by atoms with van der Waals surface area (Å²) in [6.45, 7) is 1.45. The average Bonchev–Trinajstić information content (AvgIpc) is 2.16. The molecule has 1 nitrogen and oxygen atoms in total. The maximum Gasteiger partial charge on any atom is 0.147 e. The van der Waals surface area contributed by atoms with Crippen molar-refractivity contribution >= 4 is 33.3 Å². The van der Waals surface area contributed by atoms with Gasteiger partial charge in [-0.05, 0) is 18.6 Å². The molecule has 0 radical (unpaired) electrons. The van der Waals surface area contributed by atoms with E-state index in [1.807, 2.05) is 0 Å². The Balaban J connectivity index is 3.20. The summed E-state index contributed by atoms with van der Waals surface area (Å²) in [7, 11) is 0. The number of alkyl halides is 2. The molecule has 0 N–H and O–H groups in total. The van der Waals surface area contributed by atoms with Crippen LogP contribution in [-0.4, -0.2) is 5.78 Å². The van der Waals surface area contributed by atoms with Gasteiger partial charge in [0.05, 0.1) is 10.7 Å². The van der Waals surface area contributed by atoms with Gasteiger partial charge in [-0.3, -0.25) is 4.79 Å². The van der Waals surface area contributed by atoms with Crippen LogP contribution >= 0.6 is 27.5 Å². The van der Waals surface area contributed by atoms with Crippen molar-refractivity contribution in [1.82, 2.24) is 0 Å². The molecule has 1 aromatic carbocycles. The van der Waals surface area contributed by atoms with Crippen LogP contribution in [-0.2, 0) is 10.7 Å². The normalized spacial score (nSPS) is 12.6. The largest absolute Gasteiger partial charge is 0.298 e. The van der Waals surface area contributed by atoms with Crippen molar-refractivity contribution in [2.45, 2.75) is 17.6 Å². The van der Waals surface area contributed by atoms with E-state index in [0.29, 0.717) is 11.1 Å². The highest BCUT2D eigenvalue weighted by molar-refractivity contribution is 9.09. The molecule has 1 atom stereocenters. The summed E-state index contributed by atoms with van der Waals surface area (Å²) >= 11 is 8.82. The molecule has 0 saturated carbocycles. The molecule has 0 bridgehead atoms. The predicted molar refractivity (Wildman–Crippen MR) is 58.3 cm³/mol. The Bertz CT molecular complexity index is 354. The molecule has 0 aliphatic rings. The Morgan fingerprint density at radius 2 is 2.29 bits per heavy atom. The zero-order valence-electron chi connectivity index (χ0n) is 7.56. The minimum Gasteiger partial charge on any atom is -0.298 e. The molecule has 0 heterocycles. The molecule has 0 fully saturated rings. The molecule has 0 aromatic heterocycles. The molecule has 1 unspecified atom stereocenters. The van der Waals surface area contributed by atoms with Crippen LogP contribution in [0.2, 0.25) is 0 Å². The molecule has 0 aliphatic heterocycles. The van der Waals surface area contributed by atoms with Gasteiger partial charge in [-0.25, -0.2) is 4.39 Å². The van der Waals surface area contributed by atoms with E-state index in [-0.39, 0.29) is 17.5 Å². The number of carbonyl (C=O) groups excluding carboxylic acids is 1. The molecule has 1 aromatic rings. The molecule has 1 rings (SSSR count). The Hall–Kier alpha value is -0.410. The predicted octanol–water partition coefficient (Wildman–Crippen LogP) is 3.59. The average molecular weight is 280 g/mol. The molecule has 0 aliphatic carbocycles. The monoisotopic (exact) mass is 278 g/mol. The van der Waals surface area contributed by atoms with E-state index in [9.17, 15) is 9.18 Å². The van der Waals surface area contributed by atoms with Crippen LogP contribution in [0, 0.1) is 5.82 Å². The minimum absolute atomic E-state index is 0.0669. The topological polar surface area (TPSA) is 17.1 Å². The second-order valence-electron chi connectivity index (χ2n) is 2.91. The fraction of sp³-hybridized carbons (Fsp3) is 0.300. The van der Waals surface area contributed by atoms with E-state index < -0.39 is 4.83 Å². The first-order chi connectivity index (χ1) is 6.57. The van der Waals surface area contributed by atoms with Gasteiger partial charge in [0.25, 0.3) is 0 Å². The summed E-state index contributed by atoms with van der Waals surface area (Å²) < 4.78 is 13.3. The van der Waals surface area contributed by atoms with Gasteiger partial charge in [-0.1, -0.05) is 28.1 Å². The van der Waals surface area contributed by atoms with Gasteiger partial charge < -0.3 is 0 Å². The highest BCUT2D eigenvalue weighted by Gasteiger charge is 2.18. The van der Waals surface area contributed by atoms with Crippen LogP contribution < -0.4 is 0 Å². The molecule has 76 valence electrons. The fourth-order valence-corrected chi connectivity index (χ4v) is 1.88. The van der Waals surface area contributed by atoms with Gasteiger partial charge in [-0.15, -0.1) is 11.6 Å². The van der Waals surface area contributed by atoms with Gasteiger partial charge in [0.15, 0.2) is 0 Å². The summed E-state index contributed by atoms with van der Waals surface area (Å²) in [5, 5.41) is 0. The number of rotatable bonds is 3. The van der Waals surface area contributed by atoms with Crippen molar-refractivity contribution in [3.63, 3.8) is 0 Å². The van der Waals surface area contributed by atoms with E-state index in [1.54, 1.807) is 12.1 Å². The smallest absolute Gasteiger partial charge is 0.147 e. The Labute approximate surface area is 95.4 Å². The lowest BCUT2D eigenvalue weighted by molar-refractivity contribution is -0.116. The van der Waals surface area contributed by atoms with Crippen molar-refractivity contribution in [3.05, 3.63) is 35.1 Å². The zero-order chi connectivity index (χ0) is 10.7. The number of ketones is 1. The van der Waals surface area contributed by atoms with E-state index in [1.165, 1.54) is 13.0 Å². The number of carbonyl (C=O) groups is 1. The Morgan fingerprint density at radius 1 is 1.64 bits per heavy atom. The lowest BCUT2D eigenvalue weighted by atomic mass is 10.0. The summed E-state index contributed by atoms with van der Waals surface area (Å²) in [6, 6.07) is 4.60. The third-order valence-corrected chi connectivity index (χ3v) is 3.32. The molecule has 14 heavy (non-hydrogen) atoms. The zero-order valence-corrected chi connectivity index (χ0v) is 9.90. The first kappa shape index (κ1) is 11.7. The van der Waals surface area contributed by atoms with Gasteiger partial charge in [0.1, 0.15) is 11.6 Å². The third-order valence-electron chi connectivity index (χ3n) is 1.92. The minimum atomic E-state index is -0.480. The molecule has 0 spiro atoms. The van der Waals surface area contributed by atoms with Crippen LogP contribution in [0.4, 0.5) is 4.39 Å². The number of benzene rings is 1. The van der Waals surface area contributed by atoms with Crippen molar-refractivity contribution < 1.29 is 9.18 Å². The quantitative estimate of drug-likeness (QED) is 0.773. The van der Waals surface area contributed by atoms with Crippen molar-refractivity contribution in [3.8, 4) is 0 Å². The van der Waals surface area contributed by atoms with E-state index in [0.717, 1.165) is 0 Å². The van der Waals surface area contributed by atoms with Crippen LogP contribution in [0.5, 0.6) is 0 Å². The van der Waals surface area contributed by atoms with Crippen molar-refractivity contribution in [2.24, 2.45) is 0 Å². The highest BCUT2D eigenvalue weighted by atomic mass is 79.9. The number of hydrogen-bond donors (Lipinski definition) is 0. The highest BCUT2D eigenvalue weighted by Crippen LogP contribution is 2.29. The van der Waals surface area contributed by atoms with Crippen LogP contribution in [0.1, 0.15) is 22.9 Å². The van der Waals surface area contributed by atoms with Gasteiger partial charge >= 0.3 is 0 Å². The lowest BCUT2D eigenvalue weighted by Gasteiger charge is -2.11. The third kappa shape index (κ3) is 2.34. The van der Waals surface area contributed by atoms with Crippen molar-refractivity contribution in [2.75, 3.05) is 0 Å². The molecule has 0 saturated heterocycles. The fourth-order valence-electron chi connectivity index (χ4n) is 1.17. The van der Waals surface area contributed by atoms with Crippen LogP contribution in [0.25, 0.3) is 0 Å². The molecular formula is C10H9BrClFO. The van der Waals surface area contributed by atoms with Crippen LogP contribution in [0.3, 0.4) is 0 Å². The molecule has 0 amide bonds. The number of halogens is 3. The van der Waals surface area contributed by atoms with Gasteiger partial charge in [0, 0.05) is 5.56 Å². The Morgan fingerprint density at radius 3 is 2.79 bits per heavy atom. The maximum absolute atomic E-state index is 13.3. The van der Waals surface area contributed by atoms with Gasteiger partial charge in [0.2, 0.25) is 0 Å². The van der Waals surface area contributed by atoms with Crippen molar-refractivity contribution in [1.29, 1.82) is 0 Å². The molecule has 4 heteroatoms. The summed E-state index contributed by atoms with van der Waals surface area (Å²) in [4.78, 5) is 10.6. The Kier molecular flexibility index (Phi) is 4.08. The standard InChI is InChI=1S/C10H9BrClFO/c1-6(14)10(11)7-3-2-4-9(13)8(7)5-12/h2-4,10H,5H2,1H3. The van der Waals surface area contributed by atoms with E-state index >= 15 is 0 Å². The second-order valence-corrected chi connectivity index (χ2v) is 4.10. The SMILES string of the molecule is CC(=O)C(Br)c1cccc(F)c1CCl.